The SMILES string of the molecule is CN1CC(=N)/C=C/CCN1. The van der Waals surface area contributed by atoms with E-state index < -0.39 is 0 Å². The van der Waals surface area contributed by atoms with E-state index in [2.05, 4.69) is 5.43 Å². The van der Waals surface area contributed by atoms with Crippen molar-refractivity contribution in [3.63, 3.8) is 0 Å². The standard InChI is InChI=1S/C7H13N3/c1-10-6-7(8)4-2-3-5-9-10/h2,4,8-9H,3,5-6H2,1H3/b4-2+,8-7?. The van der Waals surface area contributed by atoms with Crippen molar-refractivity contribution in [3.05, 3.63) is 12.2 Å². The van der Waals surface area contributed by atoms with Gasteiger partial charge in [-0.05, 0) is 12.5 Å². The number of hydrogen-bond donors (Lipinski definition) is 2. The summed E-state index contributed by atoms with van der Waals surface area (Å²) in [5.74, 6) is 0. The molecule has 1 aliphatic rings. The van der Waals surface area contributed by atoms with E-state index in [0.717, 1.165) is 13.0 Å². The molecule has 0 atom stereocenters. The summed E-state index contributed by atoms with van der Waals surface area (Å²) in [7, 11) is 1.95. The quantitative estimate of drug-likeness (QED) is 0.510. The lowest BCUT2D eigenvalue weighted by Gasteiger charge is -2.18. The summed E-state index contributed by atoms with van der Waals surface area (Å²) in [4.78, 5) is 0. The van der Waals surface area contributed by atoms with Gasteiger partial charge in [0.2, 0.25) is 0 Å². The Balaban J connectivity index is 2.48. The third-order valence-corrected chi connectivity index (χ3v) is 1.42. The Kier molecular flexibility index (Phi) is 2.59. The molecule has 56 valence electrons. The van der Waals surface area contributed by atoms with Crippen LogP contribution in [-0.4, -0.2) is 30.9 Å². The summed E-state index contributed by atoms with van der Waals surface area (Å²) in [5.41, 5.74) is 3.82. The van der Waals surface area contributed by atoms with Crippen LogP contribution in [0.2, 0.25) is 0 Å². The maximum absolute atomic E-state index is 7.39. The average Bonchev–Trinajstić information content (AvgIpc) is 1.83. The van der Waals surface area contributed by atoms with Crippen LogP contribution in [0.5, 0.6) is 0 Å². The Labute approximate surface area is 61.2 Å². The third kappa shape index (κ3) is 2.29. The predicted octanol–water partition coefficient (Wildman–Crippen LogP) is 0.402. The van der Waals surface area contributed by atoms with E-state index in [0.29, 0.717) is 12.3 Å². The molecular weight excluding hydrogens is 126 g/mol. The van der Waals surface area contributed by atoms with Gasteiger partial charge in [0, 0.05) is 19.3 Å². The highest BCUT2D eigenvalue weighted by molar-refractivity contribution is 5.93. The highest BCUT2D eigenvalue weighted by atomic mass is 15.5. The maximum Gasteiger partial charge on any atom is 0.0544 e. The van der Waals surface area contributed by atoms with Crippen molar-refractivity contribution in [2.45, 2.75) is 6.42 Å². The molecule has 0 aromatic rings. The summed E-state index contributed by atoms with van der Waals surface area (Å²) < 4.78 is 0. The molecule has 0 aromatic carbocycles. The molecule has 3 heteroatoms. The van der Waals surface area contributed by atoms with Gasteiger partial charge in [0.15, 0.2) is 0 Å². The number of rotatable bonds is 0. The van der Waals surface area contributed by atoms with Crippen LogP contribution in [0, 0.1) is 5.41 Å². The van der Waals surface area contributed by atoms with E-state index in [9.17, 15) is 0 Å². The van der Waals surface area contributed by atoms with Crippen molar-refractivity contribution in [2.75, 3.05) is 20.1 Å². The molecule has 0 aliphatic carbocycles. The fraction of sp³-hybridized carbons (Fsp3) is 0.571. The van der Waals surface area contributed by atoms with Crippen molar-refractivity contribution < 1.29 is 0 Å². The number of hydrogen-bond acceptors (Lipinski definition) is 3. The van der Waals surface area contributed by atoms with Gasteiger partial charge in [0.25, 0.3) is 0 Å². The average molecular weight is 139 g/mol. The van der Waals surface area contributed by atoms with Gasteiger partial charge in [-0.2, -0.15) is 0 Å². The second-order valence-electron chi connectivity index (χ2n) is 2.48. The second kappa shape index (κ2) is 3.49. The third-order valence-electron chi connectivity index (χ3n) is 1.42. The minimum Gasteiger partial charge on any atom is -0.304 e. The van der Waals surface area contributed by atoms with Gasteiger partial charge in [0.05, 0.1) is 6.54 Å². The van der Waals surface area contributed by atoms with Crippen LogP contribution >= 0.6 is 0 Å². The summed E-state index contributed by atoms with van der Waals surface area (Å²) in [6, 6.07) is 0. The highest BCUT2D eigenvalue weighted by Crippen LogP contribution is 1.90. The topological polar surface area (TPSA) is 39.1 Å². The molecule has 0 amide bonds. The molecule has 1 aliphatic heterocycles. The Morgan fingerprint density at radius 3 is 3.30 bits per heavy atom. The minimum atomic E-state index is 0.662. The second-order valence-corrected chi connectivity index (χ2v) is 2.48. The molecule has 0 aromatic heterocycles. The van der Waals surface area contributed by atoms with Gasteiger partial charge in [-0.3, -0.25) is 5.43 Å². The summed E-state index contributed by atoms with van der Waals surface area (Å²) in [5, 5.41) is 9.32. The minimum absolute atomic E-state index is 0.662. The van der Waals surface area contributed by atoms with Crippen LogP contribution in [0.15, 0.2) is 12.2 Å². The lowest BCUT2D eigenvalue weighted by Crippen LogP contribution is -2.39. The molecule has 1 rings (SSSR count). The summed E-state index contributed by atoms with van der Waals surface area (Å²) >= 11 is 0. The highest BCUT2D eigenvalue weighted by Gasteiger charge is 2.00. The monoisotopic (exact) mass is 139 g/mol. The molecule has 10 heavy (non-hydrogen) atoms. The fourth-order valence-corrected chi connectivity index (χ4v) is 0.928. The van der Waals surface area contributed by atoms with E-state index in [1.54, 1.807) is 0 Å². The van der Waals surface area contributed by atoms with Crippen LogP contribution in [0.1, 0.15) is 6.42 Å². The lowest BCUT2D eigenvalue weighted by molar-refractivity contribution is 0.270. The molecule has 0 fully saturated rings. The van der Waals surface area contributed by atoms with Gasteiger partial charge in [-0.25, -0.2) is 5.01 Å². The van der Waals surface area contributed by atoms with Crippen molar-refractivity contribution in [1.29, 1.82) is 5.41 Å². The first kappa shape index (κ1) is 7.44. The normalized spacial score (nSPS) is 25.5. The van der Waals surface area contributed by atoms with E-state index >= 15 is 0 Å². The lowest BCUT2D eigenvalue weighted by atomic mass is 10.2. The fourth-order valence-electron chi connectivity index (χ4n) is 0.928. The molecule has 1 heterocycles. The molecule has 0 unspecified atom stereocenters. The Bertz CT molecular complexity index is 151. The van der Waals surface area contributed by atoms with Crippen LogP contribution in [0.25, 0.3) is 0 Å². The summed E-state index contributed by atoms with van der Waals surface area (Å²) in [6.07, 6.45) is 4.91. The molecule has 2 N–H and O–H groups in total. The Morgan fingerprint density at radius 1 is 1.70 bits per heavy atom. The molecule has 0 spiro atoms. The van der Waals surface area contributed by atoms with Crippen molar-refractivity contribution in [2.24, 2.45) is 0 Å². The van der Waals surface area contributed by atoms with Crippen LogP contribution in [-0.2, 0) is 0 Å². The molecule has 0 saturated heterocycles. The first-order chi connectivity index (χ1) is 4.79. The number of nitrogens with zero attached hydrogens (tertiary/aromatic N) is 1. The van der Waals surface area contributed by atoms with Crippen molar-refractivity contribution >= 4 is 5.71 Å². The molecular formula is C7H13N3. The zero-order valence-electron chi connectivity index (χ0n) is 6.22. The van der Waals surface area contributed by atoms with E-state index in [-0.39, 0.29) is 0 Å². The van der Waals surface area contributed by atoms with Crippen molar-refractivity contribution in [1.82, 2.24) is 10.4 Å². The van der Waals surface area contributed by atoms with Crippen LogP contribution < -0.4 is 5.43 Å². The van der Waals surface area contributed by atoms with Gasteiger partial charge in [0.1, 0.15) is 0 Å². The first-order valence-corrected chi connectivity index (χ1v) is 3.47. The summed E-state index contributed by atoms with van der Waals surface area (Å²) in [6.45, 7) is 1.66. The molecule has 3 nitrogen and oxygen atoms in total. The molecule has 0 radical (unpaired) electrons. The van der Waals surface area contributed by atoms with Gasteiger partial charge >= 0.3 is 0 Å². The Hall–Kier alpha value is -0.670. The predicted molar refractivity (Wildman–Crippen MR) is 42.1 cm³/mol. The maximum atomic E-state index is 7.39. The Morgan fingerprint density at radius 2 is 2.50 bits per heavy atom. The van der Waals surface area contributed by atoms with Gasteiger partial charge < -0.3 is 5.41 Å². The van der Waals surface area contributed by atoms with Gasteiger partial charge in [-0.1, -0.05) is 6.08 Å². The molecule has 0 bridgehead atoms. The van der Waals surface area contributed by atoms with E-state index in [4.69, 9.17) is 5.41 Å². The smallest absolute Gasteiger partial charge is 0.0544 e. The van der Waals surface area contributed by atoms with Crippen LogP contribution in [0.4, 0.5) is 0 Å². The number of hydrazine groups is 1. The zero-order chi connectivity index (χ0) is 7.40. The number of nitrogens with one attached hydrogen (secondary N) is 2. The largest absolute Gasteiger partial charge is 0.304 e. The zero-order valence-corrected chi connectivity index (χ0v) is 6.22. The van der Waals surface area contributed by atoms with E-state index in [1.165, 1.54) is 0 Å². The van der Waals surface area contributed by atoms with Crippen LogP contribution in [0.3, 0.4) is 0 Å². The van der Waals surface area contributed by atoms with E-state index in [1.807, 2.05) is 24.2 Å². The molecule has 0 saturated carbocycles. The first-order valence-electron chi connectivity index (χ1n) is 3.47. The van der Waals surface area contributed by atoms with Crippen molar-refractivity contribution in [3.8, 4) is 0 Å². The van der Waals surface area contributed by atoms with Gasteiger partial charge in [-0.15, -0.1) is 0 Å².